The van der Waals surface area contributed by atoms with E-state index >= 15 is 0 Å². The first-order valence-electron chi connectivity index (χ1n) is 6.14. The summed E-state index contributed by atoms with van der Waals surface area (Å²) in [7, 11) is 0. The van der Waals surface area contributed by atoms with Crippen LogP contribution in [-0.4, -0.2) is 11.5 Å². The van der Waals surface area contributed by atoms with Crippen LogP contribution in [0.15, 0.2) is 36.5 Å². The van der Waals surface area contributed by atoms with Crippen molar-refractivity contribution >= 4 is 5.69 Å². The summed E-state index contributed by atoms with van der Waals surface area (Å²) in [6.45, 7) is 2.96. The van der Waals surface area contributed by atoms with Crippen LogP contribution in [0.1, 0.15) is 18.9 Å². The van der Waals surface area contributed by atoms with Crippen LogP contribution >= 0.6 is 0 Å². The molecule has 0 saturated carbocycles. The summed E-state index contributed by atoms with van der Waals surface area (Å²) < 4.78 is 13.4. The molecule has 2 aromatic rings. The van der Waals surface area contributed by atoms with E-state index in [1.807, 2.05) is 18.2 Å². The fourth-order valence-electron chi connectivity index (χ4n) is 1.77. The lowest BCUT2D eigenvalue weighted by atomic mass is 10.1. The number of hydrogen-bond acceptors (Lipinski definition) is 3. The lowest BCUT2D eigenvalue weighted by Gasteiger charge is -2.07. The molecule has 0 fully saturated rings. The Morgan fingerprint density at radius 3 is 2.89 bits per heavy atom. The Hall–Kier alpha value is -2.41. The molecule has 0 saturated heterocycles. The SMILES string of the molecule is CCCNc1ccnc(-c2cc(F)cc(C#N)c2)c1. The molecule has 0 aliphatic heterocycles. The molecule has 96 valence electrons. The van der Waals surface area contributed by atoms with Crippen molar-refractivity contribution in [1.82, 2.24) is 4.98 Å². The smallest absolute Gasteiger partial charge is 0.125 e. The van der Waals surface area contributed by atoms with Crippen LogP contribution in [0.25, 0.3) is 11.3 Å². The molecule has 0 aliphatic carbocycles. The molecule has 0 bridgehead atoms. The largest absolute Gasteiger partial charge is 0.385 e. The quantitative estimate of drug-likeness (QED) is 0.908. The van der Waals surface area contributed by atoms with Gasteiger partial charge < -0.3 is 5.32 Å². The molecule has 0 radical (unpaired) electrons. The maximum atomic E-state index is 13.4. The third kappa shape index (κ3) is 3.29. The Bertz CT molecular complexity index is 617. The van der Waals surface area contributed by atoms with Crippen molar-refractivity contribution < 1.29 is 4.39 Å². The molecule has 3 nitrogen and oxygen atoms in total. The van der Waals surface area contributed by atoms with Crippen molar-refractivity contribution in [3.05, 3.63) is 47.9 Å². The van der Waals surface area contributed by atoms with Gasteiger partial charge in [0.2, 0.25) is 0 Å². The number of nitrogens with one attached hydrogen (secondary N) is 1. The minimum Gasteiger partial charge on any atom is -0.385 e. The Labute approximate surface area is 111 Å². The Morgan fingerprint density at radius 1 is 1.32 bits per heavy atom. The average molecular weight is 255 g/mol. The van der Waals surface area contributed by atoms with Gasteiger partial charge in [0.15, 0.2) is 0 Å². The van der Waals surface area contributed by atoms with Gasteiger partial charge in [0, 0.05) is 24.0 Å². The first kappa shape index (κ1) is 13.0. The highest BCUT2D eigenvalue weighted by molar-refractivity contribution is 5.65. The molecule has 4 heteroatoms. The molecule has 2 rings (SSSR count). The molecular weight excluding hydrogens is 241 g/mol. The predicted molar refractivity (Wildman–Crippen MR) is 73.1 cm³/mol. The van der Waals surface area contributed by atoms with Crippen molar-refractivity contribution in [2.75, 3.05) is 11.9 Å². The highest BCUT2D eigenvalue weighted by Crippen LogP contribution is 2.22. The fraction of sp³-hybridized carbons (Fsp3) is 0.200. The van der Waals surface area contributed by atoms with E-state index < -0.39 is 5.82 Å². The van der Waals surface area contributed by atoms with Gasteiger partial charge in [0.25, 0.3) is 0 Å². The fourth-order valence-corrected chi connectivity index (χ4v) is 1.77. The van der Waals surface area contributed by atoms with Crippen LogP contribution in [0, 0.1) is 17.1 Å². The van der Waals surface area contributed by atoms with Gasteiger partial charge in [-0.25, -0.2) is 4.39 Å². The van der Waals surface area contributed by atoms with Crippen molar-refractivity contribution in [3.63, 3.8) is 0 Å². The Morgan fingerprint density at radius 2 is 2.16 bits per heavy atom. The van der Waals surface area contributed by atoms with E-state index in [2.05, 4.69) is 17.2 Å². The highest BCUT2D eigenvalue weighted by atomic mass is 19.1. The van der Waals surface area contributed by atoms with Gasteiger partial charge in [-0.2, -0.15) is 5.26 Å². The van der Waals surface area contributed by atoms with Gasteiger partial charge in [-0.3, -0.25) is 4.98 Å². The number of halogens is 1. The van der Waals surface area contributed by atoms with Crippen LogP contribution in [-0.2, 0) is 0 Å². The summed E-state index contributed by atoms with van der Waals surface area (Å²) in [5.74, 6) is -0.428. The van der Waals surface area contributed by atoms with Gasteiger partial charge in [0.1, 0.15) is 5.82 Å². The number of hydrogen-bond donors (Lipinski definition) is 1. The topological polar surface area (TPSA) is 48.7 Å². The van der Waals surface area contributed by atoms with E-state index in [0.717, 1.165) is 18.7 Å². The predicted octanol–water partition coefficient (Wildman–Crippen LogP) is 3.58. The van der Waals surface area contributed by atoms with Crippen molar-refractivity contribution in [2.45, 2.75) is 13.3 Å². The molecule has 0 atom stereocenters. The van der Waals surface area contributed by atoms with Crippen LogP contribution in [0.2, 0.25) is 0 Å². The average Bonchev–Trinajstić information content (AvgIpc) is 2.44. The summed E-state index contributed by atoms with van der Waals surface area (Å²) in [4.78, 5) is 4.22. The van der Waals surface area contributed by atoms with Crippen molar-refractivity contribution in [2.24, 2.45) is 0 Å². The summed E-state index contributed by atoms with van der Waals surface area (Å²) in [5, 5.41) is 12.1. The molecule has 1 heterocycles. The van der Waals surface area contributed by atoms with Crippen LogP contribution < -0.4 is 5.32 Å². The zero-order valence-electron chi connectivity index (χ0n) is 10.7. The maximum Gasteiger partial charge on any atom is 0.125 e. The third-order valence-corrected chi connectivity index (χ3v) is 2.66. The number of aromatic nitrogens is 1. The molecule has 1 aromatic heterocycles. The van der Waals surface area contributed by atoms with E-state index in [0.29, 0.717) is 16.8 Å². The highest BCUT2D eigenvalue weighted by Gasteiger charge is 2.05. The molecule has 0 unspecified atom stereocenters. The first-order valence-corrected chi connectivity index (χ1v) is 6.14. The number of nitrogens with zero attached hydrogens (tertiary/aromatic N) is 2. The van der Waals surface area contributed by atoms with Gasteiger partial charge in [-0.15, -0.1) is 0 Å². The normalized spacial score (nSPS) is 9.95. The second-order valence-electron chi connectivity index (χ2n) is 4.20. The van der Waals surface area contributed by atoms with Crippen LogP contribution in [0.3, 0.4) is 0 Å². The zero-order valence-corrected chi connectivity index (χ0v) is 10.7. The summed E-state index contributed by atoms with van der Waals surface area (Å²) in [6, 6.07) is 9.89. The van der Waals surface area contributed by atoms with E-state index in [-0.39, 0.29) is 0 Å². The van der Waals surface area contributed by atoms with Crippen LogP contribution in [0.4, 0.5) is 10.1 Å². The number of nitriles is 1. The maximum absolute atomic E-state index is 13.4. The number of pyridine rings is 1. The molecular formula is C15H14FN3. The van der Waals surface area contributed by atoms with E-state index in [9.17, 15) is 4.39 Å². The molecule has 1 aromatic carbocycles. The summed E-state index contributed by atoms with van der Waals surface area (Å²) >= 11 is 0. The molecule has 0 aliphatic rings. The monoisotopic (exact) mass is 255 g/mol. The number of rotatable bonds is 4. The molecule has 1 N–H and O–H groups in total. The van der Waals surface area contributed by atoms with Gasteiger partial charge in [-0.05, 0) is 36.8 Å². The first-order chi connectivity index (χ1) is 9.22. The lowest BCUT2D eigenvalue weighted by molar-refractivity contribution is 0.628. The molecule has 0 spiro atoms. The third-order valence-electron chi connectivity index (χ3n) is 2.66. The van der Waals surface area contributed by atoms with E-state index in [4.69, 9.17) is 5.26 Å². The van der Waals surface area contributed by atoms with Crippen molar-refractivity contribution in [3.8, 4) is 17.3 Å². The second-order valence-corrected chi connectivity index (χ2v) is 4.20. The lowest BCUT2D eigenvalue weighted by Crippen LogP contribution is -2.00. The minimum absolute atomic E-state index is 0.295. The zero-order chi connectivity index (χ0) is 13.7. The Balaban J connectivity index is 2.36. The van der Waals surface area contributed by atoms with Gasteiger partial charge in [0.05, 0.1) is 17.3 Å². The molecule has 0 amide bonds. The second kappa shape index (κ2) is 5.96. The number of benzene rings is 1. The standard InChI is InChI=1S/C15H14FN3/c1-2-4-18-14-3-5-19-15(9-14)12-6-11(10-17)7-13(16)8-12/h3,5-9H,2,4H2,1H3,(H,18,19). The number of anilines is 1. The van der Waals surface area contributed by atoms with Gasteiger partial charge >= 0.3 is 0 Å². The molecule has 19 heavy (non-hydrogen) atoms. The van der Waals surface area contributed by atoms with E-state index in [1.165, 1.54) is 12.1 Å². The van der Waals surface area contributed by atoms with E-state index in [1.54, 1.807) is 12.3 Å². The summed E-state index contributed by atoms with van der Waals surface area (Å²) in [5.41, 5.74) is 2.49. The minimum atomic E-state index is -0.428. The van der Waals surface area contributed by atoms with Crippen molar-refractivity contribution in [1.29, 1.82) is 5.26 Å². The van der Waals surface area contributed by atoms with Crippen LogP contribution in [0.5, 0.6) is 0 Å². The Kier molecular flexibility index (Phi) is 4.09. The summed E-state index contributed by atoms with van der Waals surface area (Å²) in [6.07, 6.45) is 2.69. The van der Waals surface area contributed by atoms with Gasteiger partial charge in [-0.1, -0.05) is 6.92 Å².